The van der Waals surface area contributed by atoms with Crippen LogP contribution < -0.4 is 9.47 Å². The van der Waals surface area contributed by atoms with Gasteiger partial charge >= 0.3 is 0 Å². The van der Waals surface area contributed by atoms with Gasteiger partial charge in [-0.15, -0.1) is 0 Å². The summed E-state index contributed by atoms with van der Waals surface area (Å²) in [5.74, 6) is -0.00876. The molecule has 1 saturated heterocycles. The lowest BCUT2D eigenvalue weighted by Crippen LogP contribution is -2.29. The number of hydrogen-bond donors (Lipinski definition) is 1. The zero-order valence-electron chi connectivity index (χ0n) is 21.0. The number of carbonyl (C=O) groups excluding carboxylic acids is 2. The molecule has 0 radical (unpaired) electrons. The van der Waals surface area contributed by atoms with Crippen molar-refractivity contribution >= 4 is 17.4 Å². The van der Waals surface area contributed by atoms with E-state index in [-0.39, 0.29) is 23.8 Å². The summed E-state index contributed by atoms with van der Waals surface area (Å²) in [6.07, 6.45) is 0. The van der Waals surface area contributed by atoms with Crippen LogP contribution in [-0.2, 0) is 16.1 Å². The fraction of sp³-hybridized carbons (Fsp3) is 0.267. The molecule has 1 atom stereocenters. The maximum absolute atomic E-state index is 13.4. The van der Waals surface area contributed by atoms with Crippen LogP contribution in [0, 0.1) is 0 Å². The first-order chi connectivity index (χ1) is 17.3. The number of rotatable bonds is 8. The number of aliphatic hydroxyl groups excluding tert-OH is 1. The van der Waals surface area contributed by atoms with Crippen molar-refractivity contribution < 1.29 is 24.2 Å². The number of carbonyl (C=O) groups is 2. The van der Waals surface area contributed by atoms with Gasteiger partial charge in [0.15, 0.2) is 0 Å². The quantitative estimate of drug-likeness (QED) is 0.246. The van der Waals surface area contributed by atoms with Crippen molar-refractivity contribution in [2.24, 2.45) is 0 Å². The minimum atomic E-state index is -0.730. The third kappa shape index (κ3) is 4.85. The molecular formula is C30H31NO5. The zero-order valence-corrected chi connectivity index (χ0v) is 21.0. The smallest absolute Gasteiger partial charge is 0.295 e. The van der Waals surface area contributed by atoms with E-state index in [9.17, 15) is 14.7 Å². The molecule has 0 bridgehead atoms. The number of amides is 1. The summed E-state index contributed by atoms with van der Waals surface area (Å²) < 4.78 is 11.1. The van der Waals surface area contributed by atoms with Gasteiger partial charge in [-0.25, -0.2) is 0 Å². The van der Waals surface area contributed by atoms with Gasteiger partial charge in [-0.2, -0.15) is 0 Å². The van der Waals surface area contributed by atoms with Crippen LogP contribution in [0.25, 0.3) is 5.76 Å². The molecule has 36 heavy (non-hydrogen) atoms. The van der Waals surface area contributed by atoms with Gasteiger partial charge < -0.3 is 19.5 Å². The minimum absolute atomic E-state index is 0.0768. The third-order valence-electron chi connectivity index (χ3n) is 6.35. The standard InChI is InChI=1S/C30H31NO5/c1-5-36-25-15-14-22(17-24(25)19(2)3)28(32)26-27(21-11-7-6-8-12-21)31(30(34)29(26)33)18-20-10-9-13-23(16-20)35-4/h6-17,19,27,32H,5,18H2,1-4H3/b28-26-. The van der Waals surface area contributed by atoms with Gasteiger partial charge in [0.25, 0.3) is 11.7 Å². The fourth-order valence-electron chi connectivity index (χ4n) is 4.58. The monoisotopic (exact) mass is 485 g/mol. The van der Waals surface area contributed by atoms with Gasteiger partial charge in [-0.1, -0.05) is 56.3 Å². The molecule has 0 aromatic heterocycles. The highest BCUT2D eigenvalue weighted by Crippen LogP contribution is 2.41. The van der Waals surface area contributed by atoms with E-state index in [1.807, 2.05) is 81.4 Å². The Bertz CT molecular complexity index is 1300. The predicted molar refractivity (Wildman–Crippen MR) is 139 cm³/mol. The molecule has 3 aromatic rings. The molecule has 6 heteroatoms. The highest BCUT2D eigenvalue weighted by atomic mass is 16.5. The molecule has 0 saturated carbocycles. The van der Waals surface area contributed by atoms with Crippen LogP contribution in [0.3, 0.4) is 0 Å². The topological polar surface area (TPSA) is 76.1 Å². The number of ketones is 1. The summed E-state index contributed by atoms with van der Waals surface area (Å²) >= 11 is 0. The van der Waals surface area contributed by atoms with Gasteiger partial charge in [0.05, 0.1) is 25.3 Å². The molecular weight excluding hydrogens is 454 g/mol. The van der Waals surface area contributed by atoms with E-state index in [1.54, 1.807) is 19.2 Å². The zero-order chi connectivity index (χ0) is 25.8. The van der Waals surface area contributed by atoms with E-state index in [2.05, 4.69) is 0 Å². The molecule has 1 aliphatic rings. The molecule has 1 amide bonds. The van der Waals surface area contributed by atoms with Crippen LogP contribution in [0.15, 0.2) is 78.4 Å². The first-order valence-electron chi connectivity index (χ1n) is 12.1. The summed E-state index contributed by atoms with van der Waals surface area (Å²) in [6, 6.07) is 21.3. The van der Waals surface area contributed by atoms with Crippen LogP contribution >= 0.6 is 0 Å². The van der Waals surface area contributed by atoms with E-state index >= 15 is 0 Å². The molecule has 1 fully saturated rings. The second kappa shape index (κ2) is 10.7. The van der Waals surface area contributed by atoms with Crippen LogP contribution in [0.5, 0.6) is 11.5 Å². The number of aliphatic hydroxyl groups is 1. The van der Waals surface area contributed by atoms with E-state index in [1.165, 1.54) is 4.90 Å². The molecule has 0 spiro atoms. The van der Waals surface area contributed by atoms with Crippen LogP contribution in [0.2, 0.25) is 0 Å². The number of nitrogens with zero attached hydrogens (tertiary/aromatic N) is 1. The second-order valence-corrected chi connectivity index (χ2v) is 9.03. The summed E-state index contributed by atoms with van der Waals surface area (Å²) in [7, 11) is 1.58. The van der Waals surface area contributed by atoms with Gasteiger partial charge in [0.2, 0.25) is 0 Å². The Morgan fingerprint density at radius 2 is 1.75 bits per heavy atom. The lowest BCUT2D eigenvalue weighted by Gasteiger charge is -2.25. The van der Waals surface area contributed by atoms with Crippen molar-refractivity contribution in [1.82, 2.24) is 4.90 Å². The van der Waals surface area contributed by atoms with Crippen LogP contribution in [0.1, 0.15) is 55.0 Å². The summed E-state index contributed by atoms with van der Waals surface area (Å²) in [6.45, 7) is 6.71. The molecule has 4 rings (SSSR count). The first kappa shape index (κ1) is 25.0. The Morgan fingerprint density at radius 3 is 2.42 bits per heavy atom. The number of methoxy groups -OCH3 is 1. The minimum Gasteiger partial charge on any atom is -0.507 e. The van der Waals surface area contributed by atoms with Crippen molar-refractivity contribution in [3.63, 3.8) is 0 Å². The summed E-state index contributed by atoms with van der Waals surface area (Å²) in [4.78, 5) is 28.2. The maximum Gasteiger partial charge on any atom is 0.295 e. The first-order valence-corrected chi connectivity index (χ1v) is 12.1. The summed E-state index contributed by atoms with van der Waals surface area (Å²) in [5, 5.41) is 11.5. The number of Topliss-reactive ketones (excluding diaryl/α,β-unsaturated/α-hetero) is 1. The average molecular weight is 486 g/mol. The van der Waals surface area contributed by atoms with Crippen molar-refractivity contribution in [3.8, 4) is 11.5 Å². The molecule has 1 aliphatic heterocycles. The molecule has 6 nitrogen and oxygen atoms in total. The molecule has 3 aromatic carbocycles. The summed E-state index contributed by atoms with van der Waals surface area (Å²) in [5.41, 5.74) is 3.04. The van der Waals surface area contributed by atoms with E-state index < -0.39 is 17.7 Å². The van der Waals surface area contributed by atoms with Gasteiger partial charge in [-0.3, -0.25) is 9.59 Å². The Labute approximate surface area is 211 Å². The number of likely N-dealkylation sites (tertiary alicyclic amines) is 1. The van der Waals surface area contributed by atoms with Crippen LogP contribution in [-0.4, -0.2) is 35.4 Å². The lowest BCUT2D eigenvalue weighted by molar-refractivity contribution is -0.140. The molecule has 1 unspecified atom stereocenters. The van der Waals surface area contributed by atoms with Gasteiger partial charge in [0, 0.05) is 12.1 Å². The SMILES string of the molecule is CCOc1ccc(/C(O)=C2/C(=O)C(=O)N(Cc3cccc(OC)c3)C2c2ccccc2)cc1C(C)C. The molecule has 1 heterocycles. The highest BCUT2D eigenvalue weighted by Gasteiger charge is 2.46. The van der Waals surface area contributed by atoms with E-state index in [0.29, 0.717) is 17.9 Å². The second-order valence-electron chi connectivity index (χ2n) is 9.03. The Kier molecular flexibility index (Phi) is 7.44. The molecule has 186 valence electrons. The highest BCUT2D eigenvalue weighted by molar-refractivity contribution is 6.46. The number of hydrogen-bond acceptors (Lipinski definition) is 5. The maximum atomic E-state index is 13.4. The average Bonchev–Trinajstić information content (AvgIpc) is 3.14. The normalized spacial score (nSPS) is 17.0. The van der Waals surface area contributed by atoms with Crippen molar-refractivity contribution in [2.45, 2.75) is 39.3 Å². The third-order valence-corrected chi connectivity index (χ3v) is 6.35. The van der Waals surface area contributed by atoms with Gasteiger partial charge in [0.1, 0.15) is 17.3 Å². The van der Waals surface area contributed by atoms with Gasteiger partial charge in [-0.05, 0) is 59.9 Å². The Morgan fingerprint density at radius 1 is 1.00 bits per heavy atom. The van der Waals surface area contributed by atoms with E-state index in [4.69, 9.17) is 9.47 Å². The largest absolute Gasteiger partial charge is 0.507 e. The van der Waals surface area contributed by atoms with Crippen molar-refractivity contribution in [3.05, 3.63) is 101 Å². The number of benzene rings is 3. The van der Waals surface area contributed by atoms with Crippen molar-refractivity contribution in [2.75, 3.05) is 13.7 Å². The molecule has 0 aliphatic carbocycles. The molecule has 1 N–H and O–H groups in total. The Balaban J connectivity index is 1.84. The Hall–Kier alpha value is -4.06. The fourth-order valence-corrected chi connectivity index (χ4v) is 4.58. The van der Waals surface area contributed by atoms with Crippen molar-refractivity contribution in [1.29, 1.82) is 0 Å². The van der Waals surface area contributed by atoms with E-state index in [0.717, 1.165) is 22.4 Å². The van der Waals surface area contributed by atoms with Crippen LogP contribution in [0.4, 0.5) is 0 Å². The lowest BCUT2D eigenvalue weighted by atomic mass is 9.93. The number of ether oxygens (including phenoxy) is 2. The predicted octanol–water partition coefficient (Wildman–Crippen LogP) is 5.84.